The number of likely N-dealkylation sites (N-methyl/N-ethyl adjacent to an activating group) is 1. The van der Waals surface area contributed by atoms with Crippen molar-refractivity contribution in [1.82, 2.24) is 9.80 Å². The lowest BCUT2D eigenvalue weighted by atomic mass is 9.98. The van der Waals surface area contributed by atoms with Gasteiger partial charge in [-0.3, -0.25) is 4.79 Å². The highest BCUT2D eigenvalue weighted by molar-refractivity contribution is 5.87. The Hall–Kier alpha value is -1.81. The fourth-order valence-corrected chi connectivity index (χ4v) is 3.61. The van der Waals surface area contributed by atoms with E-state index in [1.165, 1.54) is 17.3 Å². The topological polar surface area (TPSA) is 26.8 Å². The second-order valence-corrected chi connectivity index (χ2v) is 6.81. The predicted octanol–water partition coefficient (Wildman–Crippen LogP) is 2.02. The number of hydrogen-bond donors (Lipinski definition) is 0. The minimum atomic E-state index is 0.0682. The van der Waals surface area contributed by atoms with Gasteiger partial charge in [-0.25, -0.2) is 0 Å². The highest BCUT2D eigenvalue weighted by atomic mass is 16.2. The van der Waals surface area contributed by atoms with Crippen molar-refractivity contribution in [3.63, 3.8) is 0 Å². The lowest BCUT2D eigenvalue weighted by Crippen LogP contribution is -2.44. The van der Waals surface area contributed by atoms with E-state index >= 15 is 0 Å². The van der Waals surface area contributed by atoms with Crippen LogP contribution in [0.1, 0.15) is 12.0 Å². The Bertz CT molecular complexity index is 563. The molecule has 2 fully saturated rings. The van der Waals surface area contributed by atoms with Crippen molar-refractivity contribution in [3.05, 3.63) is 42.5 Å². The normalized spacial score (nSPS) is 22.4. The monoisotopic (exact) mass is 313 g/mol. The number of likely N-dealkylation sites (tertiary alicyclic amines) is 1. The van der Waals surface area contributed by atoms with Crippen LogP contribution in [-0.4, -0.2) is 62.0 Å². The van der Waals surface area contributed by atoms with E-state index in [-0.39, 0.29) is 5.91 Å². The number of amides is 1. The lowest BCUT2D eigenvalue weighted by molar-refractivity contribution is -0.125. The second-order valence-electron chi connectivity index (χ2n) is 6.81. The number of carbonyl (C=O) groups excluding carboxylic acids is 1. The highest BCUT2D eigenvalue weighted by Crippen LogP contribution is 2.24. The van der Waals surface area contributed by atoms with Crippen molar-refractivity contribution in [2.45, 2.75) is 12.8 Å². The summed E-state index contributed by atoms with van der Waals surface area (Å²) in [5.74, 6) is 0.639. The molecule has 1 aromatic carbocycles. The van der Waals surface area contributed by atoms with Crippen LogP contribution in [0.3, 0.4) is 0 Å². The smallest absolute Gasteiger partial charge is 0.245 e. The maximum Gasteiger partial charge on any atom is 0.245 e. The van der Waals surface area contributed by atoms with Gasteiger partial charge >= 0.3 is 0 Å². The van der Waals surface area contributed by atoms with Gasteiger partial charge < -0.3 is 14.7 Å². The Labute approximate surface area is 139 Å². The fourth-order valence-electron chi connectivity index (χ4n) is 3.61. The molecular formula is C19H27N3O. The first-order valence-electron chi connectivity index (χ1n) is 8.59. The van der Waals surface area contributed by atoms with Gasteiger partial charge in [0.25, 0.3) is 0 Å². The first-order chi connectivity index (χ1) is 11.2. The maximum absolute atomic E-state index is 11.7. The molecule has 0 aromatic heterocycles. The van der Waals surface area contributed by atoms with Crippen LogP contribution < -0.4 is 4.90 Å². The van der Waals surface area contributed by atoms with E-state index in [4.69, 9.17) is 0 Å². The second kappa shape index (κ2) is 7.18. The molecule has 0 bridgehead atoms. The zero-order valence-corrected chi connectivity index (χ0v) is 14.1. The van der Waals surface area contributed by atoms with Crippen LogP contribution in [0.2, 0.25) is 0 Å². The van der Waals surface area contributed by atoms with Crippen LogP contribution >= 0.6 is 0 Å². The van der Waals surface area contributed by atoms with Crippen LogP contribution in [0.4, 0.5) is 5.69 Å². The largest absolute Gasteiger partial charge is 0.369 e. The Morgan fingerprint density at radius 2 is 2.04 bits per heavy atom. The molecule has 2 saturated heterocycles. The molecule has 0 radical (unpaired) electrons. The Balaban J connectivity index is 1.60. The van der Waals surface area contributed by atoms with Crippen molar-refractivity contribution in [2.75, 3.05) is 51.2 Å². The van der Waals surface area contributed by atoms with Gasteiger partial charge in [-0.1, -0.05) is 18.7 Å². The molecular weight excluding hydrogens is 286 g/mol. The first-order valence-corrected chi connectivity index (χ1v) is 8.59. The van der Waals surface area contributed by atoms with Gasteiger partial charge in [0.2, 0.25) is 5.91 Å². The van der Waals surface area contributed by atoms with Gasteiger partial charge in [-0.15, -0.1) is 0 Å². The molecule has 2 heterocycles. The predicted molar refractivity (Wildman–Crippen MR) is 94.7 cm³/mol. The number of piperazine rings is 1. The number of hydrogen-bond acceptors (Lipinski definition) is 3. The van der Waals surface area contributed by atoms with Gasteiger partial charge in [0.05, 0.1) is 0 Å². The Morgan fingerprint density at radius 3 is 2.78 bits per heavy atom. The molecule has 2 aliphatic heterocycles. The molecule has 23 heavy (non-hydrogen) atoms. The quantitative estimate of drug-likeness (QED) is 0.796. The van der Waals surface area contributed by atoms with Crippen molar-refractivity contribution >= 4 is 11.6 Å². The molecule has 2 aliphatic rings. The van der Waals surface area contributed by atoms with E-state index in [2.05, 4.69) is 47.7 Å². The first kappa shape index (κ1) is 16.1. The third-order valence-electron chi connectivity index (χ3n) is 5.08. The molecule has 0 spiro atoms. The molecule has 1 aromatic rings. The van der Waals surface area contributed by atoms with Crippen molar-refractivity contribution in [1.29, 1.82) is 0 Å². The summed E-state index contributed by atoms with van der Waals surface area (Å²) in [6.45, 7) is 9.78. The molecule has 1 atom stereocenters. The van der Waals surface area contributed by atoms with Crippen molar-refractivity contribution < 1.29 is 4.79 Å². The summed E-state index contributed by atoms with van der Waals surface area (Å²) in [6, 6.07) is 8.95. The van der Waals surface area contributed by atoms with Gasteiger partial charge in [0.1, 0.15) is 0 Å². The van der Waals surface area contributed by atoms with E-state index in [1.54, 1.807) is 0 Å². The summed E-state index contributed by atoms with van der Waals surface area (Å²) in [4.78, 5) is 18.5. The Morgan fingerprint density at radius 1 is 1.26 bits per heavy atom. The fraction of sp³-hybridized carbons (Fsp3) is 0.526. The number of anilines is 1. The third-order valence-corrected chi connectivity index (χ3v) is 5.08. The molecule has 0 N–H and O–H groups in total. The summed E-state index contributed by atoms with van der Waals surface area (Å²) in [5.41, 5.74) is 2.73. The molecule has 0 saturated carbocycles. The van der Waals surface area contributed by atoms with Crippen LogP contribution in [0.5, 0.6) is 0 Å². The minimum absolute atomic E-state index is 0.0682. The van der Waals surface area contributed by atoms with E-state index in [0.29, 0.717) is 5.92 Å². The van der Waals surface area contributed by atoms with Gasteiger partial charge in [-0.05, 0) is 49.6 Å². The van der Waals surface area contributed by atoms with Crippen LogP contribution in [0.15, 0.2) is 36.9 Å². The number of nitrogens with zero attached hydrogens (tertiary/aromatic N) is 3. The lowest BCUT2D eigenvalue weighted by Gasteiger charge is -2.34. The zero-order chi connectivity index (χ0) is 16.2. The molecule has 0 unspecified atom stereocenters. The highest BCUT2D eigenvalue weighted by Gasteiger charge is 2.25. The van der Waals surface area contributed by atoms with Gasteiger partial charge in [-0.2, -0.15) is 0 Å². The molecule has 3 rings (SSSR count). The Kier molecular flexibility index (Phi) is 5.01. The van der Waals surface area contributed by atoms with Crippen molar-refractivity contribution in [2.24, 2.45) is 5.92 Å². The number of carbonyl (C=O) groups is 1. The van der Waals surface area contributed by atoms with Crippen LogP contribution in [0, 0.1) is 5.92 Å². The number of benzene rings is 1. The third kappa shape index (κ3) is 3.94. The van der Waals surface area contributed by atoms with Crippen LogP contribution in [-0.2, 0) is 11.2 Å². The average molecular weight is 313 g/mol. The summed E-state index contributed by atoms with van der Waals surface area (Å²) in [7, 11) is 2.18. The molecule has 4 nitrogen and oxygen atoms in total. The number of rotatable bonds is 4. The maximum atomic E-state index is 11.7. The van der Waals surface area contributed by atoms with Crippen molar-refractivity contribution in [3.8, 4) is 0 Å². The molecule has 4 heteroatoms. The van der Waals surface area contributed by atoms with E-state index in [1.807, 2.05) is 4.90 Å². The molecule has 124 valence electrons. The van der Waals surface area contributed by atoms with Gasteiger partial charge in [0.15, 0.2) is 0 Å². The average Bonchev–Trinajstić information content (AvgIpc) is 3.03. The summed E-state index contributed by atoms with van der Waals surface area (Å²) in [5, 5.41) is 0. The zero-order valence-electron chi connectivity index (χ0n) is 14.1. The molecule has 0 aliphatic carbocycles. The van der Waals surface area contributed by atoms with E-state index < -0.39 is 0 Å². The summed E-state index contributed by atoms with van der Waals surface area (Å²) >= 11 is 0. The van der Waals surface area contributed by atoms with E-state index in [9.17, 15) is 4.79 Å². The van der Waals surface area contributed by atoms with Crippen LogP contribution in [0.25, 0.3) is 0 Å². The SMILES string of the molecule is C=CC(=O)N1CC[C@H](Cc2cccc(N3CCN(C)CC3)c2)C1. The van der Waals surface area contributed by atoms with Gasteiger partial charge in [0, 0.05) is 45.0 Å². The summed E-state index contributed by atoms with van der Waals surface area (Å²) < 4.78 is 0. The standard InChI is InChI=1S/C19H27N3O/c1-3-19(23)22-8-7-17(15-22)13-16-5-4-6-18(14-16)21-11-9-20(2)10-12-21/h3-6,14,17H,1,7-13,15H2,2H3/t17-/m1/s1. The minimum Gasteiger partial charge on any atom is -0.369 e. The van der Waals surface area contributed by atoms with E-state index in [0.717, 1.165) is 52.1 Å². The molecule has 1 amide bonds. The summed E-state index contributed by atoms with van der Waals surface area (Å²) in [6.07, 6.45) is 3.58.